The van der Waals surface area contributed by atoms with E-state index in [2.05, 4.69) is 10.2 Å². The van der Waals surface area contributed by atoms with Crippen LogP contribution in [0.1, 0.15) is 16.2 Å². The fourth-order valence-corrected chi connectivity index (χ4v) is 2.95. The minimum absolute atomic E-state index is 0.0180. The zero-order valence-electron chi connectivity index (χ0n) is 13.4. The molecule has 0 N–H and O–H groups in total. The molecule has 0 amide bonds. The van der Waals surface area contributed by atoms with Crippen molar-refractivity contribution in [1.29, 1.82) is 0 Å². The first-order chi connectivity index (χ1) is 12.1. The summed E-state index contributed by atoms with van der Waals surface area (Å²) in [5, 5.41) is 9.60. The van der Waals surface area contributed by atoms with E-state index in [0.29, 0.717) is 22.4 Å². The van der Waals surface area contributed by atoms with E-state index in [0.717, 1.165) is 16.6 Å². The van der Waals surface area contributed by atoms with Gasteiger partial charge in [0.1, 0.15) is 5.69 Å². The third-order valence-corrected chi connectivity index (χ3v) is 4.28. The van der Waals surface area contributed by atoms with Crippen LogP contribution in [0.2, 0.25) is 5.02 Å². The van der Waals surface area contributed by atoms with Gasteiger partial charge in [-0.05, 0) is 36.4 Å². The number of aryl methyl sites for hydroxylation is 1. The van der Waals surface area contributed by atoms with Crippen LogP contribution >= 0.6 is 11.6 Å². The molecule has 0 saturated carbocycles. The molecule has 2 aromatic carbocycles. The van der Waals surface area contributed by atoms with E-state index in [4.69, 9.17) is 16.0 Å². The summed E-state index contributed by atoms with van der Waals surface area (Å²) >= 11 is 5.90. The highest BCUT2D eigenvalue weighted by atomic mass is 35.5. The number of aromatic nitrogens is 3. The Bertz CT molecular complexity index is 1060. The van der Waals surface area contributed by atoms with Crippen molar-refractivity contribution in [2.45, 2.75) is 13.5 Å². The van der Waals surface area contributed by atoms with E-state index in [1.807, 2.05) is 34.9 Å². The van der Waals surface area contributed by atoms with Gasteiger partial charge in [-0.25, -0.2) is 0 Å². The first-order valence-electron chi connectivity index (χ1n) is 7.79. The van der Waals surface area contributed by atoms with Crippen LogP contribution < -0.4 is 0 Å². The van der Waals surface area contributed by atoms with Crippen LogP contribution in [0, 0.1) is 6.92 Å². The van der Waals surface area contributed by atoms with Gasteiger partial charge >= 0.3 is 0 Å². The molecule has 5 nitrogen and oxygen atoms in total. The van der Waals surface area contributed by atoms with Crippen LogP contribution in [0.15, 0.2) is 59.0 Å². The topological polar surface area (TPSA) is 60.9 Å². The summed E-state index contributed by atoms with van der Waals surface area (Å²) < 4.78 is 7.47. The van der Waals surface area contributed by atoms with Gasteiger partial charge in [-0.3, -0.25) is 4.79 Å². The van der Waals surface area contributed by atoms with Crippen LogP contribution in [-0.4, -0.2) is 20.5 Å². The molecular formula is C19H14ClN3O2. The molecule has 0 spiro atoms. The number of carbonyl (C=O) groups excluding carboxylic acids is 1. The number of ketones is 1. The number of hydrogen-bond acceptors (Lipinski definition) is 4. The zero-order valence-corrected chi connectivity index (χ0v) is 14.2. The van der Waals surface area contributed by atoms with Gasteiger partial charge in [0.2, 0.25) is 5.89 Å². The SMILES string of the molecule is Cc1nnc(-c2cc3ccccc3n2CC(=O)c2ccc(Cl)cc2)o1. The molecule has 2 heterocycles. The Morgan fingerprint density at radius 1 is 1.12 bits per heavy atom. The highest BCUT2D eigenvalue weighted by Crippen LogP contribution is 2.28. The molecule has 2 aromatic heterocycles. The van der Waals surface area contributed by atoms with Gasteiger partial charge in [-0.15, -0.1) is 10.2 Å². The predicted octanol–water partition coefficient (Wildman–Crippen LogP) is 4.54. The molecule has 0 unspecified atom stereocenters. The number of para-hydroxylation sites is 1. The van der Waals surface area contributed by atoms with E-state index >= 15 is 0 Å². The monoisotopic (exact) mass is 351 g/mol. The molecule has 0 aliphatic carbocycles. The third kappa shape index (κ3) is 2.94. The van der Waals surface area contributed by atoms with Gasteiger partial charge < -0.3 is 8.98 Å². The van der Waals surface area contributed by atoms with Crippen molar-refractivity contribution in [3.8, 4) is 11.6 Å². The lowest BCUT2D eigenvalue weighted by Crippen LogP contribution is -2.11. The van der Waals surface area contributed by atoms with Crippen molar-refractivity contribution >= 4 is 28.3 Å². The number of nitrogens with zero attached hydrogens (tertiary/aromatic N) is 3. The molecular weight excluding hydrogens is 338 g/mol. The third-order valence-electron chi connectivity index (χ3n) is 4.02. The largest absolute Gasteiger partial charge is 0.420 e. The Kier molecular flexibility index (Phi) is 3.86. The fourth-order valence-electron chi connectivity index (χ4n) is 2.83. The van der Waals surface area contributed by atoms with Crippen LogP contribution in [-0.2, 0) is 6.54 Å². The van der Waals surface area contributed by atoms with Gasteiger partial charge in [0, 0.05) is 28.4 Å². The summed E-state index contributed by atoms with van der Waals surface area (Å²) in [4.78, 5) is 12.7. The second kappa shape index (κ2) is 6.18. The van der Waals surface area contributed by atoms with Crippen LogP contribution in [0.25, 0.3) is 22.5 Å². The lowest BCUT2D eigenvalue weighted by atomic mass is 10.1. The number of Topliss-reactive ketones (excluding diaryl/α,β-unsaturated/α-hetero) is 1. The maximum absolute atomic E-state index is 12.7. The number of hydrogen-bond donors (Lipinski definition) is 0. The van der Waals surface area contributed by atoms with Crippen molar-refractivity contribution in [2.24, 2.45) is 0 Å². The molecule has 0 atom stereocenters. The Labute approximate surface area is 148 Å². The van der Waals surface area contributed by atoms with Gasteiger partial charge in [0.05, 0.1) is 6.54 Å². The van der Waals surface area contributed by atoms with E-state index < -0.39 is 0 Å². The predicted molar refractivity (Wildman–Crippen MR) is 95.7 cm³/mol. The average Bonchev–Trinajstić information content (AvgIpc) is 3.19. The second-order valence-electron chi connectivity index (χ2n) is 5.73. The first kappa shape index (κ1) is 15.6. The molecule has 4 aromatic rings. The van der Waals surface area contributed by atoms with E-state index in [1.165, 1.54) is 0 Å². The van der Waals surface area contributed by atoms with E-state index in [1.54, 1.807) is 31.2 Å². The Morgan fingerprint density at radius 3 is 2.60 bits per heavy atom. The molecule has 124 valence electrons. The number of fused-ring (bicyclic) bond motifs is 1. The molecule has 0 bridgehead atoms. The first-order valence-corrected chi connectivity index (χ1v) is 8.17. The fraction of sp³-hybridized carbons (Fsp3) is 0.105. The normalized spacial score (nSPS) is 11.1. The van der Waals surface area contributed by atoms with Crippen molar-refractivity contribution in [3.63, 3.8) is 0 Å². The maximum Gasteiger partial charge on any atom is 0.264 e. The molecule has 25 heavy (non-hydrogen) atoms. The molecule has 0 fully saturated rings. The summed E-state index contributed by atoms with van der Waals surface area (Å²) in [5.74, 6) is 0.865. The molecule has 0 saturated heterocycles. The molecule has 4 rings (SSSR count). The average molecular weight is 352 g/mol. The second-order valence-corrected chi connectivity index (χ2v) is 6.17. The highest BCUT2D eigenvalue weighted by molar-refractivity contribution is 6.30. The van der Waals surface area contributed by atoms with E-state index in [-0.39, 0.29) is 12.3 Å². The van der Waals surface area contributed by atoms with Crippen molar-refractivity contribution in [3.05, 3.63) is 71.1 Å². The quantitative estimate of drug-likeness (QED) is 0.506. The number of halogens is 1. The molecule has 0 radical (unpaired) electrons. The van der Waals surface area contributed by atoms with Crippen LogP contribution in [0.3, 0.4) is 0 Å². The summed E-state index contributed by atoms with van der Waals surface area (Å²) in [6.45, 7) is 1.91. The van der Waals surface area contributed by atoms with Gasteiger partial charge in [0.25, 0.3) is 5.89 Å². The minimum Gasteiger partial charge on any atom is -0.420 e. The van der Waals surface area contributed by atoms with Gasteiger partial charge in [0.15, 0.2) is 5.78 Å². The Hall–Kier alpha value is -2.92. The number of benzene rings is 2. The van der Waals surface area contributed by atoms with Crippen molar-refractivity contribution < 1.29 is 9.21 Å². The maximum atomic E-state index is 12.7. The summed E-state index contributed by atoms with van der Waals surface area (Å²) in [7, 11) is 0. The number of rotatable bonds is 4. The molecule has 6 heteroatoms. The van der Waals surface area contributed by atoms with Gasteiger partial charge in [-0.1, -0.05) is 29.8 Å². The smallest absolute Gasteiger partial charge is 0.264 e. The minimum atomic E-state index is -0.0180. The summed E-state index contributed by atoms with van der Waals surface area (Å²) in [6.07, 6.45) is 0. The van der Waals surface area contributed by atoms with Crippen molar-refractivity contribution in [2.75, 3.05) is 0 Å². The number of carbonyl (C=O) groups is 1. The zero-order chi connectivity index (χ0) is 17.4. The Balaban J connectivity index is 1.79. The standard InChI is InChI=1S/C19H14ClN3O2/c1-12-21-22-19(25-12)17-10-14-4-2-3-5-16(14)23(17)11-18(24)13-6-8-15(20)9-7-13/h2-10H,11H2,1H3. The van der Waals surface area contributed by atoms with Crippen LogP contribution in [0.4, 0.5) is 0 Å². The van der Waals surface area contributed by atoms with Gasteiger partial charge in [-0.2, -0.15) is 0 Å². The Morgan fingerprint density at radius 2 is 1.88 bits per heavy atom. The van der Waals surface area contributed by atoms with Crippen molar-refractivity contribution in [1.82, 2.24) is 14.8 Å². The summed E-state index contributed by atoms with van der Waals surface area (Å²) in [6, 6.07) is 16.7. The van der Waals surface area contributed by atoms with E-state index in [9.17, 15) is 4.79 Å². The van der Waals surface area contributed by atoms with Crippen LogP contribution in [0.5, 0.6) is 0 Å². The summed E-state index contributed by atoms with van der Waals surface area (Å²) in [5.41, 5.74) is 2.27. The highest BCUT2D eigenvalue weighted by Gasteiger charge is 2.18. The molecule has 0 aliphatic rings. The lowest BCUT2D eigenvalue weighted by molar-refractivity contribution is 0.0974. The lowest BCUT2D eigenvalue weighted by Gasteiger charge is -2.08. The molecule has 0 aliphatic heterocycles.